The number of nitrogens with zero attached hydrogens (tertiary/aromatic N) is 2. The van der Waals surface area contributed by atoms with Gasteiger partial charge in [-0.1, -0.05) is 36.4 Å². The summed E-state index contributed by atoms with van der Waals surface area (Å²) < 4.78 is 6.69. The lowest BCUT2D eigenvalue weighted by Crippen LogP contribution is -2.22. The maximum atomic E-state index is 13.3. The molecule has 0 unspecified atom stereocenters. The molecule has 0 spiro atoms. The SMILES string of the molecule is COc1ccc(-n2cc(C(=O)Nc3cnc4ccccc4c3)c3ccccc3c2=O)cc1. The van der Waals surface area contributed by atoms with Crippen LogP contribution in [0.2, 0.25) is 0 Å². The van der Waals surface area contributed by atoms with Crippen LogP contribution < -0.4 is 15.6 Å². The zero-order valence-corrected chi connectivity index (χ0v) is 17.3. The maximum Gasteiger partial charge on any atom is 0.262 e. The molecule has 1 N–H and O–H groups in total. The first kappa shape index (κ1) is 19.5. The molecule has 5 aromatic rings. The first-order valence-electron chi connectivity index (χ1n) is 10.1. The fraction of sp³-hybridized carbons (Fsp3) is 0.0385. The molecule has 2 heterocycles. The van der Waals surface area contributed by atoms with E-state index in [4.69, 9.17) is 4.74 Å². The van der Waals surface area contributed by atoms with Crippen LogP contribution in [0, 0.1) is 0 Å². The van der Waals surface area contributed by atoms with E-state index < -0.39 is 0 Å². The molecule has 0 fully saturated rings. The lowest BCUT2D eigenvalue weighted by atomic mass is 10.1. The summed E-state index contributed by atoms with van der Waals surface area (Å²) in [7, 11) is 1.58. The third-order valence-electron chi connectivity index (χ3n) is 5.37. The number of fused-ring (bicyclic) bond motifs is 2. The van der Waals surface area contributed by atoms with Gasteiger partial charge in [0.1, 0.15) is 5.75 Å². The highest BCUT2D eigenvalue weighted by Crippen LogP contribution is 2.22. The minimum Gasteiger partial charge on any atom is -0.497 e. The van der Waals surface area contributed by atoms with Crippen LogP contribution in [-0.2, 0) is 0 Å². The number of methoxy groups -OCH3 is 1. The van der Waals surface area contributed by atoms with Crippen molar-refractivity contribution in [1.82, 2.24) is 9.55 Å². The summed E-state index contributed by atoms with van der Waals surface area (Å²) in [5, 5.41) is 4.91. The van der Waals surface area contributed by atoms with Gasteiger partial charge in [0.25, 0.3) is 11.5 Å². The maximum absolute atomic E-state index is 13.3. The normalized spacial score (nSPS) is 10.9. The Morgan fingerprint density at radius 1 is 0.938 bits per heavy atom. The van der Waals surface area contributed by atoms with Crippen molar-refractivity contribution in [3.05, 3.63) is 107 Å². The van der Waals surface area contributed by atoms with Crippen LogP contribution in [0.3, 0.4) is 0 Å². The molecule has 0 saturated carbocycles. The van der Waals surface area contributed by atoms with E-state index in [2.05, 4.69) is 10.3 Å². The number of anilines is 1. The van der Waals surface area contributed by atoms with E-state index >= 15 is 0 Å². The summed E-state index contributed by atoms with van der Waals surface area (Å²) in [4.78, 5) is 30.8. The highest BCUT2D eigenvalue weighted by Gasteiger charge is 2.16. The number of nitrogens with one attached hydrogen (secondary N) is 1. The predicted octanol–water partition coefficient (Wildman–Crippen LogP) is 4.80. The summed E-state index contributed by atoms with van der Waals surface area (Å²) in [6, 6.07) is 23.8. The van der Waals surface area contributed by atoms with Crippen molar-refractivity contribution in [3.8, 4) is 11.4 Å². The van der Waals surface area contributed by atoms with Crippen molar-refractivity contribution in [1.29, 1.82) is 0 Å². The Balaban J connectivity index is 1.60. The topological polar surface area (TPSA) is 73.2 Å². The number of ether oxygens (including phenoxy) is 1. The molecule has 0 bridgehead atoms. The van der Waals surface area contributed by atoms with Crippen molar-refractivity contribution in [2.75, 3.05) is 12.4 Å². The van der Waals surface area contributed by atoms with Crippen LogP contribution >= 0.6 is 0 Å². The fourth-order valence-electron chi connectivity index (χ4n) is 3.74. The standard InChI is InChI=1S/C26H19N3O3/c1-32-20-12-10-19(11-13-20)29-16-23(21-7-3-4-8-22(21)26(29)31)25(30)28-18-14-17-6-2-5-9-24(17)27-15-18/h2-16H,1H3,(H,28,30). The smallest absolute Gasteiger partial charge is 0.262 e. The van der Waals surface area contributed by atoms with Gasteiger partial charge in [-0.2, -0.15) is 0 Å². The Bertz CT molecular complexity index is 1520. The van der Waals surface area contributed by atoms with Gasteiger partial charge in [0.15, 0.2) is 0 Å². The van der Waals surface area contributed by atoms with Crippen molar-refractivity contribution in [3.63, 3.8) is 0 Å². The van der Waals surface area contributed by atoms with Crippen LogP contribution in [0.1, 0.15) is 10.4 Å². The molecule has 32 heavy (non-hydrogen) atoms. The lowest BCUT2D eigenvalue weighted by Gasteiger charge is -2.13. The van der Waals surface area contributed by atoms with Gasteiger partial charge >= 0.3 is 0 Å². The Labute approximate surface area is 183 Å². The second-order valence-corrected chi connectivity index (χ2v) is 7.33. The molecule has 6 heteroatoms. The minimum atomic E-state index is -0.319. The average molecular weight is 421 g/mol. The molecule has 0 atom stereocenters. The first-order chi connectivity index (χ1) is 15.6. The summed E-state index contributed by atoms with van der Waals surface area (Å²) in [5.41, 5.74) is 2.27. The van der Waals surface area contributed by atoms with E-state index in [1.165, 1.54) is 4.57 Å². The van der Waals surface area contributed by atoms with Crippen LogP contribution in [-0.4, -0.2) is 22.6 Å². The third-order valence-corrected chi connectivity index (χ3v) is 5.37. The Morgan fingerprint density at radius 2 is 1.66 bits per heavy atom. The summed E-state index contributed by atoms with van der Waals surface area (Å²) >= 11 is 0. The van der Waals surface area contributed by atoms with Crippen LogP contribution in [0.5, 0.6) is 5.75 Å². The molecule has 2 aromatic heterocycles. The number of aromatic nitrogens is 2. The molecule has 0 aliphatic heterocycles. The van der Waals surface area contributed by atoms with Gasteiger partial charge in [-0.3, -0.25) is 19.1 Å². The first-order valence-corrected chi connectivity index (χ1v) is 10.1. The third kappa shape index (κ3) is 3.48. The van der Waals surface area contributed by atoms with E-state index in [1.54, 1.807) is 62.0 Å². The number of amides is 1. The van der Waals surface area contributed by atoms with Crippen molar-refractivity contribution in [2.45, 2.75) is 0 Å². The van der Waals surface area contributed by atoms with Crippen LogP contribution in [0.25, 0.3) is 27.4 Å². The quantitative estimate of drug-likeness (QED) is 0.452. The number of pyridine rings is 2. The molecule has 3 aromatic carbocycles. The molecule has 0 aliphatic carbocycles. The monoisotopic (exact) mass is 421 g/mol. The van der Waals surface area contributed by atoms with E-state index in [9.17, 15) is 9.59 Å². The lowest BCUT2D eigenvalue weighted by molar-refractivity contribution is 0.102. The summed E-state index contributed by atoms with van der Waals surface area (Å²) in [6.45, 7) is 0. The highest BCUT2D eigenvalue weighted by molar-refractivity contribution is 6.13. The zero-order valence-electron chi connectivity index (χ0n) is 17.3. The van der Waals surface area contributed by atoms with Gasteiger partial charge in [0, 0.05) is 28.0 Å². The summed E-state index contributed by atoms with van der Waals surface area (Å²) in [5.74, 6) is 0.366. The van der Waals surface area contributed by atoms with E-state index in [1.807, 2.05) is 36.4 Å². The Kier molecular flexibility index (Phi) is 4.88. The van der Waals surface area contributed by atoms with Gasteiger partial charge in [0.2, 0.25) is 0 Å². The number of hydrogen-bond acceptors (Lipinski definition) is 4. The summed E-state index contributed by atoms with van der Waals surface area (Å²) in [6.07, 6.45) is 3.21. The number of carbonyl (C=O) groups is 1. The van der Waals surface area contributed by atoms with Gasteiger partial charge in [-0.25, -0.2) is 0 Å². The van der Waals surface area contributed by atoms with Crippen LogP contribution in [0.4, 0.5) is 5.69 Å². The van der Waals surface area contributed by atoms with E-state index in [-0.39, 0.29) is 11.5 Å². The molecule has 6 nitrogen and oxygen atoms in total. The Morgan fingerprint density at radius 3 is 2.44 bits per heavy atom. The Hall–Kier alpha value is -4.45. The van der Waals surface area contributed by atoms with E-state index in [0.717, 1.165) is 10.9 Å². The van der Waals surface area contributed by atoms with Crippen LogP contribution in [0.15, 0.2) is 96.1 Å². The predicted molar refractivity (Wildman–Crippen MR) is 126 cm³/mol. The fourth-order valence-corrected chi connectivity index (χ4v) is 3.74. The molecule has 0 aliphatic rings. The van der Waals surface area contributed by atoms with Crippen molar-refractivity contribution < 1.29 is 9.53 Å². The van der Waals surface area contributed by atoms with Gasteiger partial charge in [-0.05, 0) is 42.5 Å². The number of benzene rings is 3. The molecule has 0 saturated heterocycles. The zero-order chi connectivity index (χ0) is 22.1. The number of para-hydroxylation sites is 1. The number of carbonyl (C=O) groups excluding carboxylic acids is 1. The second-order valence-electron chi connectivity index (χ2n) is 7.33. The largest absolute Gasteiger partial charge is 0.497 e. The molecular weight excluding hydrogens is 402 g/mol. The van der Waals surface area contributed by atoms with Crippen molar-refractivity contribution in [2.24, 2.45) is 0 Å². The molecule has 5 rings (SSSR count). The number of rotatable bonds is 4. The van der Waals surface area contributed by atoms with Gasteiger partial charge in [-0.15, -0.1) is 0 Å². The molecule has 156 valence electrons. The average Bonchev–Trinajstić information content (AvgIpc) is 2.84. The minimum absolute atomic E-state index is 0.199. The van der Waals surface area contributed by atoms with Gasteiger partial charge in [0.05, 0.1) is 30.1 Å². The van der Waals surface area contributed by atoms with Crippen molar-refractivity contribution >= 4 is 33.3 Å². The molecule has 1 amide bonds. The number of hydrogen-bond donors (Lipinski definition) is 1. The van der Waals surface area contributed by atoms with Gasteiger partial charge < -0.3 is 10.1 Å². The molecule has 0 radical (unpaired) electrons. The molecular formula is C26H19N3O3. The second kappa shape index (κ2) is 8.00. The van der Waals surface area contributed by atoms with E-state index in [0.29, 0.717) is 33.5 Å². The highest BCUT2D eigenvalue weighted by atomic mass is 16.5.